The first-order valence-electron chi connectivity index (χ1n) is 9.13. The fourth-order valence-electron chi connectivity index (χ4n) is 3.84. The highest BCUT2D eigenvalue weighted by molar-refractivity contribution is 7.21. The SMILES string of the molecule is CCCC(=O)c1sc2c(C3CCCCC3F)ccnc2c1C(C)C. The summed E-state index contributed by atoms with van der Waals surface area (Å²) in [5.74, 6) is 0.400. The van der Waals surface area contributed by atoms with E-state index in [9.17, 15) is 9.18 Å². The number of fused-ring (bicyclic) bond motifs is 1. The third kappa shape index (κ3) is 3.13. The molecule has 2 unspecified atom stereocenters. The van der Waals surface area contributed by atoms with Gasteiger partial charge in [-0.25, -0.2) is 4.39 Å². The van der Waals surface area contributed by atoms with Gasteiger partial charge in [0, 0.05) is 24.1 Å². The number of ketones is 1. The number of rotatable bonds is 5. The number of pyridine rings is 1. The molecule has 2 nitrogen and oxygen atoms in total. The highest BCUT2D eigenvalue weighted by Gasteiger charge is 2.30. The summed E-state index contributed by atoms with van der Waals surface area (Å²) in [6.07, 6.45) is 6.05. The first-order valence-corrected chi connectivity index (χ1v) is 9.94. The Bertz CT molecular complexity index is 737. The molecule has 24 heavy (non-hydrogen) atoms. The Labute approximate surface area is 147 Å². The van der Waals surface area contributed by atoms with Crippen molar-refractivity contribution >= 4 is 27.3 Å². The molecule has 1 aliphatic carbocycles. The van der Waals surface area contributed by atoms with Crippen LogP contribution in [0.1, 0.15) is 91.9 Å². The molecular formula is C20H26FNOS. The van der Waals surface area contributed by atoms with Crippen LogP contribution in [0.25, 0.3) is 10.2 Å². The molecule has 2 atom stereocenters. The molecule has 0 radical (unpaired) electrons. The first-order chi connectivity index (χ1) is 11.5. The van der Waals surface area contributed by atoms with Gasteiger partial charge in [-0.1, -0.05) is 33.6 Å². The summed E-state index contributed by atoms with van der Waals surface area (Å²) >= 11 is 1.54. The van der Waals surface area contributed by atoms with Gasteiger partial charge in [-0.05, 0) is 36.8 Å². The highest BCUT2D eigenvalue weighted by atomic mass is 32.1. The predicted octanol–water partition coefficient (Wildman–Crippen LogP) is 6.40. The number of thiophene rings is 1. The van der Waals surface area contributed by atoms with Crippen molar-refractivity contribution in [3.8, 4) is 0 Å². The molecule has 1 saturated carbocycles. The molecule has 0 saturated heterocycles. The fraction of sp³-hybridized carbons (Fsp3) is 0.600. The van der Waals surface area contributed by atoms with Crippen LogP contribution in [-0.4, -0.2) is 16.9 Å². The number of carbonyl (C=O) groups is 1. The third-order valence-electron chi connectivity index (χ3n) is 5.03. The molecule has 0 aliphatic heterocycles. The van der Waals surface area contributed by atoms with Gasteiger partial charge in [0.2, 0.25) is 0 Å². The van der Waals surface area contributed by atoms with E-state index in [2.05, 4.69) is 18.8 Å². The van der Waals surface area contributed by atoms with Gasteiger partial charge in [0.05, 0.1) is 15.1 Å². The van der Waals surface area contributed by atoms with Gasteiger partial charge < -0.3 is 0 Å². The minimum atomic E-state index is -0.774. The normalized spacial score (nSPS) is 21.5. The summed E-state index contributed by atoms with van der Waals surface area (Å²) in [5, 5.41) is 0. The number of nitrogens with zero attached hydrogens (tertiary/aromatic N) is 1. The number of halogens is 1. The summed E-state index contributed by atoms with van der Waals surface area (Å²) in [5.41, 5.74) is 3.04. The van der Waals surface area contributed by atoms with Crippen LogP contribution in [0.15, 0.2) is 12.3 Å². The Morgan fingerprint density at radius 2 is 2.12 bits per heavy atom. The van der Waals surface area contributed by atoms with Crippen molar-refractivity contribution in [1.82, 2.24) is 4.98 Å². The highest BCUT2D eigenvalue weighted by Crippen LogP contribution is 2.43. The smallest absolute Gasteiger partial charge is 0.173 e. The van der Waals surface area contributed by atoms with Crippen molar-refractivity contribution in [3.63, 3.8) is 0 Å². The molecule has 1 aliphatic rings. The monoisotopic (exact) mass is 347 g/mol. The summed E-state index contributed by atoms with van der Waals surface area (Å²) in [7, 11) is 0. The standard InChI is InChI=1S/C20H26FNOS/c1-4-7-16(23)20-17(12(2)3)18-19(24-20)14(10-11-22-18)13-8-5-6-9-15(13)21/h10-13,15H,4-9H2,1-3H3. The van der Waals surface area contributed by atoms with Gasteiger partial charge in [0.25, 0.3) is 0 Å². The summed E-state index contributed by atoms with van der Waals surface area (Å²) in [4.78, 5) is 18.0. The number of hydrogen-bond acceptors (Lipinski definition) is 3. The lowest BCUT2D eigenvalue weighted by Crippen LogP contribution is -2.18. The summed E-state index contributed by atoms with van der Waals surface area (Å²) in [6, 6.07) is 1.97. The van der Waals surface area contributed by atoms with E-state index in [4.69, 9.17) is 0 Å². The average molecular weight is 347 g/mol. The first kappa shape index (κ1) is 17.5. The molecule has 2 aromatic heterocycles. The minimum absolute atomic E-state index is 0.0444. The molecule has 2 heterocycles. The lowest BCUT2D eigenvalue weighted by molar-refractivity contribution is 0.0984. The van der Waals surface area contributed by atoms with Gasteiger partial charge in [-0.2, -0.15) is 0 Å². The van der Waals surface area contributed by atoms with Crippen molar-refractivity contribution in [2.75, 3.05) is 0 Å². The summed E-state index contributed by atoms with van der Waals surface area (Å²) < 4.78 is 15.6. The van der Waals surface area contributed by atoms with Crippen LogP contribution >= 0.6 is 11.3 Å². The molecule has 0 amide bonds. The number of carbonyl (C=O) groups excluding carboxylic acids is 1. The van der Waals surface area contributed by atoms with E-state index < -0.39 is 6.17 Å². The van der Waals surface area contributed by atoms with Crippen LogP contribution in [0.5, 0.6) is 0 Å². The number of aromatic nitrogens is 1. The molecular weight excluding hydrogens is 321 g/mol. The Morgan fingerprint density at radius 1 is 1.38 bits per heavy atom. The number of Topliss-reactive ketones (excluding diaryl/α,β-unsaturated/α-hetero) is 1. The van der Waals surface area contributed by atoms with Crippen LogP contribution in [0.3, 0.4) is 0 Å². The maximum absolute atomic E-state index is 14.5. The third-order valence-corrected chi connectivity index (χ3v) is 6.31. The van der Waals surface area contributed by atoms with Gasteiger partial charge in [0.15, 0.2) is 5.78 Å². The van der Waals surface area contributed by atoms with Gasteiger partial charge >= 0.3 is 0 Å². The topological polar surface area (TPSA) is 30.0 Å². The maximum Gasteiger partial charge on any atom is 0.173 e. The molecule has 0 bridgehead atoms. The van der Waals surface area contributed by atoms with Gasteiger partial charge in [-0.15, -0.1) is 11.3 Å². The molecule has 4 heteroatoms. The van der Waals surface area contributed by atoms with Crippen molar-refractivity contribution < 1.29 is 9.18 Å². The van der Waals surface area contributed by atoms with Crippen molar-refractivity contribution in [2.45, 2.75) is 77.3 Å². The molecule has 0 aromatic carbocycles. The molecule has 0 spiro atoms. The lowest BCUT2D eigenvalue weighted by Gasteiger charge is -2.26. The maximum atomic E-state index is 14.5. The zero-order valence-electron chi connectivity index (χ0n) is 14.8. The van der Waals surface area contributed by atoms with Crippen LogP contribution in [0.4, 0.5) is 4.39 Å². The summed E-state index contributed by atoms with van der Waals surface area (Å²) in [6.45, 7) is 6.24. The van der Waals surface area contributed by atoms with Crippen LogP contribution in [0.2, 0.25) is 0 Å². The molecule has 2 aromatic rings. The molecule has 3 rings (SSSR count). The Morgan fingerprint density at radius 3 is 2.79 bits per heavy atom. The molecule has 130 valence electrons. The van der Waals surface area contributed by atoms with E-state index in [1.54, 1.807) is 17.5 Å². The van der Waals surface area contributed by atoms with E-state index in [0.717, 1.165) is 51.9 Å². The zero-order valence-corrected chi connectivity index (χ0v) is 15.6. The average Bonchev–Trinajstić information content (AvgIpc) is 2.95. The Hall–Kier alpha value is -1.29. The number of hydrogen-bond donors (Lipinski definition) is 0. The van der Waals surface area contributed by atoms with Crippen LogP contribution in [0, 0.1) is 0 Å². The van der Waals surface area contributed by atoms with Crippen molar-refractivity contribution in [3.05, 3.63) is 28.3 Å². The fourth-order valence-corrected chi connectivity index (χ4v) is 5.30. The zero-order chi connectivity index (χ0) is 17.3. The minimum Gasteiger partial charge on any atom is -0.293 e. The molecule has 1 fully saturated rings. The Balaban J connectivity index is 2.16. The van der Waals surface area contributed by atoms with Crippen LogP contribution < -0.4 is 0 Å². The van der Waals surface area contributed by atoms with Gasteiger partial charge in [0.1, 0.15) is 6.17 Å². The van der Waals surface area contributed by atoms with E-state index >= 15 is 0 Å². The predicted molar refractivity (Wildman–Crippen MR) is 99.1 cm³/mol. The second-order valence-corrected chi connectivity index (χ2v) is 8.18. The largest absolute Gasteiger partial charge is 0.293 e. The van der Waals surface area contributed by atoms with Crippen molar-refractivity contribution in [2.24, 2.45) is 0 Å². The van der Waals surface area contributed by atoms with E-state index in [0.29, 0.717) is 12.8 Å². The number of alkyl halides is 1. The lowest BCUT2D eigenvalue weighted by atomic mass is 9.82. The quantitative estimate of drug-likeness (QED) is 0.586. The van der Waals surface area contributed by atoms with E-state index in [1.807, 2.05) is 13.0 Å². The van der Waals surface area contributed by atoms with Crippen molar-refractivity contribution in [1.29, 1.82) is 0 Å². The Kier molecular flexibility index (Phi) is 5.33. The van der Waals surface area contributed by atoms with Gasteiger partial charge in [-0.3, -0.25) is 9.78 Å². The van der Waals surface area contributed by atoms with E-state index in [1.165, 1.54) is 0 Å². The van der Waals surface area contributed by atoms with E-state index in [-0.39, 0.29) is 17.6 Å². The second kappa shape index (κ2) is 7.30. The molecule has 0 N–H and O–H groups in total. The second-order valence-electron chi connectivity index (χ2n) is 7.16. The van der Waals surface area contributed by atoms with Crippen LogP contribution in [-0.2, 0) is 0 Å².